The van der Waals surface area contributed by atoms with Crippen LogP contribution in [0.1, 0.15) is 24.2 Å². The van der Waals surface area contributed by atoms with Crippen molar-refractivity contribution in [3.63, 3.8) is 0 Å². The van der Waals surface area contributed by atoms with Crippen LogP contribution in [0.5, 0.6) is 11.5 Å². The second-order valence-electron chi connectivity index (χ2n) is 6.51. The molecule has 0 saturated heterocycles. The molecule has 0 spiro atoms. The van der Waals surface area contributed by atoms with Gasteiger partial charge in [0.05, 0.1) is 13.7 Å². The van der Waals surface area contributed by atoms with Crippen LogP contribution in [0.15, 0.2) is 53.9 Å². The number of amides is 1. The first kappa shape index (κ1) is 22.3. The van der Waals surface area contributed by atoms with E-state index in [-0.39, 0.29) is 18.0 Å². The molecule has 8 heteroatoms. The SMILES string of the molecule is CCOC(=O)c1c(-c2ccc(F)cc2)csc1NC(=O)C(C)Oc1cccc(OC)c1. The third kappa shape index (κ3) is 5.40. The molecule has 31 heavy (non-hydrogen) atoms. The van der Waals surface area contributed by atoms with Crippen LogP contribution in [0, 0.1) is 5.82 Å². The maximum atomic E-state index is 13.3. The van der Waals surface area contributed by atoms with E-state index >= 15 is 0 Å². The highest BCUT2D eigenvalue weighted by molar-refractivity contribution is 7.15. The molecule has 0 radical (unpaired) electrons. The monoisotopic (exact) mass is 443 g/mol. The number of nitrogens with one attached hydrogen (secondary N) is 1. The molecule has 1 N–H and O–H groups in total. The molecule has 6 nitrogen and oxygen atoms in total. The fraction of sp³-hybridized carbons (Fsp3) is 0.217. The highest BCUT2D eigenvalue weighted by atomic mass is 32.1. The van der Waals surface area contributed by atoms with Crippen molar-refractivity contribution >= 4 is 28.2 Å². The maximum Gasteiger partial charge on any atom is 0.341 e. The summed E-state index contributed by atoms with van der Waals surface area (Å²) in [5, 5.41) is 4.81. The number of halogens is 1. The molecule has 1 amide bonds. The van der Waals surface area contributed by atoms with Gasteiger partial charge in [-0.15, -0.1) is 11.3 Å². The van der Waals surface area contributed by atoms with Crippen molar-refractivity contribution in [3.8, 4) is 22.6 Å². The number of ether oxygens (including phenoxy) is 3. The van der Waals surface area contributed by atoms with Crippen molar-refractivity contribution in [2.75, 3.05) is 19.0 Å². The summed E-state index contributed by atoms with van der Waals surface area (Å²) in [6.07, 6.45) is -0.835. The Morgan fingerprint density at radius 3 is 2.52 bits per heavy atom. The molecule has 0 fully saturated rings. The lowest BCUT2D eigenvalue weighted by molar-refractivity contribution is -0.122. The van der Waals surface area contributed by atoms with Crippen LogP contribution in [-0.4, -0.2) is 31.7 Å². The van der Waals surface area contributed by atoms with Crippen molar-refractivity contribution in [2.24, 2.45) is 0 Å². The van der Waals surface area contributed by atoms with E-state index in [1.807, 2.05) is 0 Å². The van der Waals surface area contributed by atoms with Crippen LogP contribution in [0.2, 0.25) is 0 Å². The molecule has 3 aromatic rings. The summed E-state index contributed by atoms with van der Waals surface area (Å²) in [6, 6.07) is 12.7. The predicted molar refractivity (Wildman–Crippen MR) is 117 cm³/mol. The molecule has 1 unspecified atom stereocenters. The highest BCUT2D eigenvalue weighted by Crippen LogP contribution is 2.36. The molecule has 0 aliphatic carbocycles. The lowest BCUT2D eigenvalue weighted by Crippen LogP contribution is -2.30. The second kappa shape index (κ2) is 10.1. The van der Waals surface area contributed by atoms with Crippen LogP contribution in [-0.2, 0) is 9.53 Å². The van der Waals surface area contributed by atoms with Crippen molar-refractivity contribution < 1.29 is 28.2 Å². The van der Waals surface area contributed by atoms with E-state index in [1.165, 1.54) is 23.5 Å². The van der Waals surface area contributed by atoms with Gasteiger partial charge in [0, 0.05) is 17.0 Å². The zero-order valence-corrected chi connectivity index (χ0v) is 18.1. The van der Waals surface area contributed by atoms with Gasteiger partial charge in [0.15, 0.2) is 6.10 Å². The van der Waals surface area contributed by atoms with Gasteiger partial charge in [-0.05, 0) is 43.7 Å². The van der Waals surface area contributed by atoms with Crippen LogP contribution >= 0.6 is 11.3 Å². The first-order chi connectivity index (χ1) is 14.9. The molecular weight excluding hydrogens is 421 g/mol. The van der Waals surface area contributed by atoms with E-state index in [2.05, 4.69) is 5.32 Å². The standard InChI is InChI=1S/C23H22FNO5S/c1-4-29-23(27)20-19(15-8-10-16(24)11-9-15)13-31-22(20)25-21(26)14(2)30-18-7-5-6-17(12-18)28-3/h5-14H,4H2,1-3H3,(H,25,26). The number of esters is 1. The minimum absolute atomic E-state index is 0.181. The average molecular weight is 443 g/mol. The van der Waals surface area contributed by atoms with E-state index in [9.17, 15) is 14.0 Å². The first-order valence-electron chi connectivity index (χ1n) is 9.59. The molecule has 1 atom stereocenters. The maximum absolute atomic E-state index is 13.3. The Hall–Kier alpha value is -3.39. The highest BCUT2D eigenvalue weighted by Gasteiger charge is 2.25. The normalized spacial score (nSPS) is 11.5. The number of rotatable bonds is 8. The van der Waals surface area contributed by atoms with Gasteiger partial charge in [0.2, 0.25) is 0 Å². The number of hydrogen-bond donors (Lipinski definition) is 1. The van der Waals surface area contributed by atoms with Crippen molar-refractivity contribution in [1.29, 1.82) is 0 Å². The Labute approximate surface area is 183 Å². The summed E-state index contributed by atoms with van der Waals surface area (Å²) in [5.41, 5.74) is 1.42. The van der Waals surface area contributed by atoms with Gasteiger partial charge in [-0.1, -0.05) is 18.2 Å². The Bertz CT molecular complexity index is 1060. The molecular formula is C23H22FNO5S. The quantitative estimate of drug-likeness (QED) is 0.488. The van der Waals surface area contributed by atoms with E-state index in [0.717, 1.165) is 0 Å². The van der Waals surface area contributed by atoms with E-state index < -0.39 is 18.0 Å². The number of hydrogen-bond acceptors (Lipinski definition) is 6. The summed E-state index contributed by atoms with van der Waals surface area (Å²) in [6.45, 7) is 3.48. The summed E-state index contributed by atoms with van der Waals surface area (Å²) in [4.78, 5) is 25.3. The van der Waals surface area contributed by atoms with Crippen LogP contribution in [0.25, 0.3) is 11.1 Å². The minimum atomic E-state index is -0.835. The van der Waals surface area contributed by atoms with Crippen LogP contribution < -0.4 is 14.8 Å². The number of benzene rings is 2. The lowest BCUT2D eigenvalue weighted by atomic mass is 10.0. The molecule has 1 heterocycles. The van der Waals surface area contributed by atoms with Crippen molar-refractivity contribution in [1.82, 2.24) is 0 Å². The topological polar surface area (TPSA) is 73.9 Å². The number of thiophene rings is 1. The Kier molecular flexibility index (Phi) is 7.25. The largest absolute Gasteiger partial charge is 0.497 e. The first-order valence-corrected chi connectivity index (χ1v) is 10.5. The van der Waals surface area contributed by atoms with Gasteiger partial charge in [-0.3, -0.25) is 4.79 Å². The average Bonchev–Trinajstić information content (AvgIpc) is 3.18. The molecule has 0 aliphatic rings. The van der Waals surface area contributed by atoms with Crippen molar-refractivity contribution in [3.05, 3.63) is 65.3 Å². The molecule has 0 aliphatic heterocycles. The second-order valence-corrected chi connectivity index (χ2v) is 7.39. The Morgan fingerprint density at radius 1 is 1.13 bits per heavy atom. The Balaban J connectivity index is 1.83. The fourth-order valence-electron chi connectivity index (χ4n) is 2.84. The smallest absolute Gasteiger partial charge is 0.341 e. The Morgan fingerprint density at radius 2 is 1.84 bits per heavy atom. The van der Waals surface area contributed by atoms with E-state index in [1.54, 1.807) is 62.7 Å². The third-order valence-corrected chi connectivity index (χ3v) is 5.28. The van der Waals surface area contributed by atoms with Crippen LogP contribution in [0.3, 0.4) is 0 Å². The van der Waals surface area contributed by atoms with Gasteiger partial charge in [0.25, 0.3) is 5.91 Å². The fourth-order valence-corrected chi connectivity index (χ4v) is 3.80. The van der Waals surface area contributed by atoms with Gasteiger partial charge in [-0.2, -0.15) is 0 Å². The number of methoxy groups -OCH3 is 1. The summed E-state index contributed by atoms with van der Waals surface area (Å²) in [5.74, 6) is -0.294. The van der Waals surface area contributed by atoms with Gasteiger partial charge < -0.3 is 19.5 Å². The zero-order chi connectivity index (χ0) is 22.4. The van der Waals surface area contributed by atoms with Gasteiger partial charge in [-0.25, -0.2) is 9.18 Å². The summed E-state index contributed by atoms with van der Waals surface area (Å²) < 4.78 is 29.3. The molecule has 162 valence electrons. The van der Waals surface area contributed by atoms with Gasteiger partial charge >= 0.3 is 5.97 Å². The van der Waals surface area contributed by atoms with Gasteiger partial charge in [0.1, 0.15) is 27.9 Å². The molecule has 3 rings (SSSR count). The number of carbonyl (C=O) groups excluding carboxylic acids is 2. The molecule has 2 aromatic carbocycles. The third-order valence-electron chi connectivity index (χ3n) is 4.39. The zero-order valence-electron chi connectivity index (χ0n) is 17.3. The molecule has 1 aromatic heterocycles. The number of carbonyl (C=O) groups is 2. The summed E-state index contributed by atoms with van der Waals surface area (Å²) >= 11 is 1.19. The van der Waals surface area contributed by atoms with E-state index in [0.29, 0.717) is 27.6 Å². The molecule has 0 saturated carbocycles. The summed E-state index contributed by atoms with van der Waals surface area (Å²) in [7, 11) is 1.54. The molecule has 0 bridgehead atoms. The van der Waals surface area contributed by atoms with Crippen LogP contribution in [0.4, 0.5) is 9.39 Å². The predicted octanol–water partition coefficient (Wildman–Crippen LogP) is 5.15. The minimum Gasteiger partial charge on any atom is -0.497 e. The number of anilines is 1. The lowest BCUT2D eigenvalue weighted by Gasteiger charge is -2.15. The van der Waals surface area contributed by atoms with E-state index in [4.69, 9.17) is 14.2 Å². The van der Waals surface area contributed by atoms with Crippen molar-refractivity contribution in [2.45, 2.75) is 20.0 Å².